The van der Waals surface area contributed by atoms with E-state index in [-0.39, 0.29) is 11.7 Å². The van der Waals surface area contributed by atoms with E-state index in [1.807, 2.05) is 54.1 Å². The number of carbonyl (C=O) groups is 1. The fourth-order valence-corrected chi connectivity index (χ4v) is 4.03. The summed E-state index contributed by atoms with van der Waals surface area (Å²) in [5.41, 5.74) is 4.89. The third kappa shape index (κ3) is 3.00. The largest absolute Gasteiger partial charge is 0.294 e. The predicted octanol–water partition coefficient (Wildman–Crippen LogP) is 4.81. The Bertz CT molecular complexity index is 930. The molecule has 2 aromatic carbocycles. The zero-order valence-corrected chi connectivity index (χ0v) is 14.8. The standard InChI is InChI=1S/C21H19ClN2O/c1-14-21-19(24(23-14)13-15-7-3-2-4-8-15)11-16(12-20(21)25)17-9-5-6-10-18(17)22/h2-10,16H,11-13H2,1H3. The summed E-state index contributed by atoms with van der Waals surface area (Å²) < 4.78 is 1.99. The number of benzene rings is 2. The van der Waals surface area contributed by atoms with Gasteiger partial charge in [0.25, 0.3) is 0 Å². The molecule has 4 rings (SSSR count). The van der Waals surface area contributed by atoms with Gasteiger partial charge in [-0.3, -0.25) is 9.48 Å². The highest BCUT2D eigenvalue weighted by atomic mass is 35.5. The first kappa shape index (κ1) is 16.1. The van der Waals surface area contributed by atoms with Crippen molar-refractivity contribution in [2.75, 3.05) is 0 Å². The molecule has 3 nitrogen and oxygen atoms in total. The summed E-state index contributed by atoms with van der Waals surface area (Å²) in [5, 5.41) is 5.38. The Hall–Kier alpha value is -2.39. The number of ketones is 1. The first-order valence-electron chi connectivity index (χ1n) is 8.51. The molecule has 1 aromatic heterocycles. The molecule has 4 heteroatoms. The minimum atomic E-state index is 0.110. The zero-order valence-electron chi connectivity index (χ0n) is 14.1. The summed E-state index contributed by atoms with van der Waals surface area (Å²) in [6.45, 7) is 2.60. The fraction of sp³-hybridized carbons (Fsp3) is 0.238. The van der Waals surface area contributed by atoms with Crippen molar-refractivity contribution in [1.82, 2.24) is 9.78 Å². The minimum absolute atomic E-state index is 0.110. The maximum atomic E-state index is 12.8. The Kier molecular flexibility index (Phi) is 4.18. The van der Waals surface area contributed by atoms with E-state index in [9.17, 15) is 4.79 Å². The maximum absolute atomic E-state index is 12.8. The van der Waals surface area contributed by atoms with Crippen LogP contribution in [0.3, 0.4) is 0 Å². The second-order valence-corrected chi connectivity index (χ2v) is 7.01. The molecule has 1 aliphatic rings. The maximum Gasteiger partial charge on any atom is 0.167 e. The van der Waals surface area contributed by atoms with Crippen molar-refractivity contribution in [2.45, 2.75) is 32.2 Å². The van der Waals surface area contributed by atoms with E-state index in [1.54, 1.807) is 0 Å². The lowest BCUT2D eigenvalue weighted by Crippen LogP contribution is -2.21. The van der Waals surface area contributed by atoms with E-state index in [2.05, 4.69) is 17.2 Å². The van der Waals surface area contributed by atoms with Gasteiger partial charge in [0.15, 0.2) is 5.78 Å². The molecule has 1 heterocycles. The number of fused-ring (bicyclic) bond motifs is 1. The molecule has 126 valence electrons. The Balaban J connectivity index is 1.72. The van der Waals surface area contributed by atoms with Crippen molar-refractivity contribution in [3.05, 3.63) is 87.7 Å². The highest BCUT2D eigenvalue weighted by Crippen LogP contribution is 2.37. The molecular formula is C21H19ClN2O. The second-order valence-electron chi connectivity index (χ2n) is 6.60. The van der Waals surface area contributed by atoms with Crippen molar-refractivity contribution < 1.29 is 4.79 Å². The van der Waals surface area contributed by atoms with Crippen LogP contribution >= 0.6 is 11.6 Å². The molecule has 0 aliphatic heterocycles. The third-order valence-electron chi connectivity index (χ3n) is 4.90. The molecular weight excluding hydrogens is 332 g/mol. The lowest BCUT2D eigenvalue weighted by Gasteiger charge is -2.24. The van der Waals surface area contributed by atoms with Crippen molar-refractivity contribution in [3.63, 3.8) is 0 Å². The van der Waals surface area contributed by atoms with Crippen LogP contribution in [0.2, 0.25) is 5.02 Å². The molecule has 0 spiro atoms. The number of aryl methyl sites for hydroxylation is 1. The van der Waals surface area contributed by atoms with E-state index >= 15 is 0 Å². The number of rotatable bonds is 3. The smallest absolute Gasteiger partial charge is 0.167 e. The molecule has 25 heavy (non-hydrogen) atoms. The SMILES string of the molecule is Cc1nn(Cc2ccccc2)c2c1C(=O)CC(c1ccccc1Cl)C2. The summed E-state index contributed by atoms with van der Waals surface area (Å²) in [4.78, 5) is 12.8. The van der Waals surface area contributed by atoms with E-state index in [4.69, 9.17) is 11.6 Å². The first-order valence-corrected chi connectivity index (χ1v) is 8.89. The Morgan fingerprint density at radius 2 is 1.80 bits per heavy atom. The summed E-state index contributed by atoms with van der Waals surface area (Å²) in [6.07, 6.45) is 1.28. The number of carbonyl (C=O) groups excluding carboxylic acids is 1. The normalized spacial score (nSPS) is 16.7. The van der Waals surface area contributed by atoms with Crippen LogP contribution in [0.5, 0.6) is 0 Å². The van der Waals surface area contributed by atoms with E-state index in [1.165, 1.54) is 5.56 Å². The van der Waals surface area contributed by atoms with Crippen LogP contribution in [0, 0.1) is 6.92 Å². The van der Waals surface area contributed by atoms with Gasteiger partial charge in [0.2, 0.25) is 0 Å². The highest BCUT2D eigenvalue weighted by Gasteiger charge is 2.32. The van der Waals surface area contributed by atoms with E-state index in [0.717, 1.165) is 34.0 Å². The quantitative estimate of drug-likeness (QED) is 0.679. The van der Waals surface area contributed by atoms with Crippen LogP contribution in [-0.4, -0.2) is 15.6 Å². The van der Waals surface area contributed by atoms with Gasteiger partial charge in [0.05, 0.1) is 23.5 Å². The molecule has 3 aromatic rings. The Morgan fingerprint density at radius 3 is 2.56 bits per heavy atom. The van der Waals surface area contributed by atoms with Gasteiger partial charge in [0.1, 0.15) is 0 Å². The number of hydrogen-bond donors (Lipinski definition) is 0. The molecule has 0 amide bonds. The van der Waals surface area contributed by atoms with Crippen LogP contribution in [0.1, 0.15) is 45.2 Å². The van der Waals surface area contributed by atoms with Crippen molar-refractivity contribution in [1.29, 1.82) is 0 Å². The van der Waals surface area contributed by atoms with Crippen molar-refractivity contribution in [3.8, 4) is 0 Å². The molecule has 0 radical (unpaired) electrons. The lowest BCUT2D eigenvalue weighted by molar-refractivity contribution is 0.0963. The molecule has 1 atom stereocenters. The van der Waals surface area contributed by atoms with Crippen molar-refractivity contribution in [2.24, 2.45) is 0 Å². The Morgan fingerprint density at radius 1 is 1.08 bits per heavy atom. The van der Waals surface area contributed by atoms with Crippen LogP contribution in [0.25, 0.3) is 0 Å². The van der Waals surface area contributed by atoms with E-state index < -0.39 is 0 Å². The predicted molar refractivity (Wildman–Crippen MR) is 99.4 cm³/mol. The lowest BCUT2D eigenvalue weighted by atomic mass is 9.81. The number of nitrogens with zero attached hydrogens (tertiary/aromatic N) is 2. The number of aromatic nitrogens is 2. The summed E-state index contributed by atoms with van der Waals surface area (Å²) in [7, 11) is 0. The number of halogens is 1. The van der Waals surface area contributed by atoms with Crippen molar-refractivity contribution >= 4 is 17.4 Å². The minimum Gasteiger partial charge on any atom is -0.294 e. The van der Waals surface area contributed by atoms with Gasteiger partial charge in [-0.1, -0.05) is 60.1 Å². The summed E-state index contributed by atoms with van der Waals surface area (Å²) in [6, 6.07) is 18.0. The van der Waals surface area contributed by atoms with Gasteiger partial charge in [-0.25, -0.2) is 0 Å². The molecule has 0 N–H and O–H groups in total. The number of Topliss-reactive ketones (excluding diaryl/α,β-unsaturated/α-hetero) is 1. The molecule has 0 saturated heterocycles. The molecule has 0 saturated carbocycles. The average molecular weight is 351 g/mol. The zero-order chi connectivity index (χ0) is 17.4. The van der Waals surface area contributed by atoms with Gasteiger partial charge < -0.3 is 0 Å². The summed E-state index contributed by atoms with van der Waals surface area (Å²) in [5.74, 6) is 0.280. The molecule has 1 aliphatic carbocycles. The first-order chi connectivity index (χ1) is 12.1. The molecule has 0 bridgehead atoms. The van der Waals surface area contributed by atoms with Crippen LogP contribution < -0.4 is 0 Å². The Labute approximate surface area is 152 Å². The van der Waals surface area contributed by atoms with Gasteiger partial charge in [0, 0.05) is 11.4 Å². The average Bonchev–Trinajstić information content (AvgIpc) is 2.92. The van der Waals surface area contributed by atoms with Gasteiger partial charge in [-0.15, -0.1) is 0 Å². The topological polar surface area (TPSA) is 34.9 Å². The monoisotopic (exact) mass is 350 g/mol. The highest BCUT2D eigenvalue weighted by molar-refractivity contribution is 6.31. The third-order valence-corrected chi connectivity index (χ3v) is 5.25. The fourth-order valence-electron chi connectivity index (χ4n) is 3.74. The summed E-state index contributed by atoms with van der Waals surface area (Å²) >= 11 is 6.37. The van der Waals surface area contributed by atoms with Crippen LogP contribution in [-0.2, 0) is 13.0 Å². The van der Waals surface area contributed by atoms with Crippen LogP contribution in [0.4, 0.5) is 0 Å². The van der Waals surface area contributed by atoms with Gasteiger partial charge in [-0.2, -0.15) is 5.10 Å². The second kappa shape index (κ2) is 6.49. The van der Waals surface area contributed by atoms with Gasteiger partial charge >= 0.3 is 0 Å². The number of hydrogen-bond acceptors (Lipinski definition) is 2. The molecule has 1 unspecified atom stereocenters. The van der Waals surface area contributed by atoms with Crippen LogP contribution in [0.15, 0.2) is 54.6 Å². The van der Waals surface area contributed by atoms with Gasteiger partial charge in [-0.05, 0) is 36.5 Å². The molecule has 0 fully saturated rings. The van der Waals surface area contributed by atoms with E-state index in [0.29, 0.717) is 13.0 Å².